The van der Waals surface area contributed by atoms with E-state index in [0.717, 1.165) is 23.7 Å². The molecule has 0 bridgehead atoms. The molecular weight excluding hydrogens is 565 g/mol. The normalized spacial score (nSPS) is 11.8. The van der Waals surface area contributed by atoms with Gasteiger partial charge in [-0.15, -0.1) is 0 Å². The fraction of sp³-hybridized carbons (Fsp3) is 0.148. The second kappa shape index (κ2) is 12.7. The molecule has 214 valence electrons. The molecule has 2 heterocycles. The van der Waals surface area contributed by atoms with Crippen LogP contribution in [0.3, 0.4) is 0 Å². The minimum Gasteiger partial charge on any atom is -0.493 e. The quantitative estimate of drug-likeness (QED) is 0.244. The standard InChI is InChI=1S/C27H23F3N4O6S/c1-38-20-9-5-6-10-21(20)40-23-25(34-41(36,37)16-13-18-7-3-2-4-8-18)32-24(33-26(23)39-15-14-35)19-11-12-22(31-17-19)27(28,29)30/h2-13,16-17,35H,14-15H2,1H3,(H,32,33,34). The van der Waals surface area contributed by atoms with Gasteiger partial charge in [0, 0.05) is 11.8 Å². The number of methoxy groups -OCH3 is 1. The first-order valence-corrected chi connectivity index (χ1v) is 13.4. The summed E-state index contributed by atoms with van der Waals surface area (Å²) in [5, 5.41) is 10.3. The van der Waals surface area contributed by atoms with Crippen LogP contribution in [0.1, 0.15) is 11.3 Å². The molecule has 2 aromatic carbocycles. The lowest BCUT2D eigenvalue weighted by Gasteiger charge is -2.17. The first-order chi connectivity index (χ1) is 19.6. The van der Waals surface area contributed by atoms with E-state index in [1.54, 1.807) is 48.5 Å². The maximum absolute atomic E-state index is 13.1. The zero-order chi connectivity index (χ0) is 29.5. The van der Waals surface area contributed by atoms with Gasteiger partial charge in [-0.3, -0.25) is 9.71 Å². The van der Waals surface area contributed by atoms with Crippen LogP contribution in [0.2, 0.25) is 0 Å². The molecule has 4 rings (SSSR count). The van der Waals surface area contributed by atoms with Crippen LogP contribution >= 0.6 is 0 Å². The molecule has 0 amide bonds. The van der Waals surface area contributed by atoms with Crippen molar-refractivity contribution in [2.24, 2.45) is 0 Å². The first-order valence-electron chi connectivity index (χ1n) is 11.9. The topological polar surface area (TPSA) is 133 Å². The lowest BCUT2D eigenvalue weighted by Crippen LogP contribution is -2.14. The number of pyridine rings is 1. The molecular formula is C27H23F3N4O6S. The molecule has 10 nitrogen and oxygen atoms in total. The molecule has 0 radical (unpaired) electrons. The minimum absolute atomic E-state index is 0.0240. The number of nitrogens with zero attached hydrogens (tertiary/aromatic N) is 3. The molecule has 2 aromatic heterocycles. The predicted octanol–water partition coefficient (Wildman–Crippen LogP) is 5.14. The number of hydrogen-bond acceptors (Lipinski definition) is 9. The van der Waals surface area contributed by atoms with Crippen LogP contribution in [0.4, 0.5) is 19.0 Å². The Kier molecular flexibility index (Phi) is 9.04. The van der Waals surface area contributed by atoms with E-state index >= 15 is 0 Å². The number of aromatic nitrogens is 3. The van der Waals surface area contributed by atoms with Gasteiger partial charge < -0.3 is 19.3 Å². The summed E-state index contributed by atoms with van der Waals surface area (Å²) in [6.45, 7) is -0.708. The number of alkyl halides is 3. The first kappa shape index (κ1) is 29.3. The largest absolute Gasteiger partial charge is 0.493 e. The SMILES string of the molecule is COc1ccccc1Oc1c(NS(=O)(=O)C=Cc2ccccc2)nc(-c2ccc(C(F)(F)F)nc2)nc1OCCO. The van der Waals surface area contributed by atoms with Crippen molar-refractivity contribution < 1.29 is 40.9 Å². The van der Waals surface area contributed by atoms with Crippen LogP contribution in [0, 0.1) is 0 Å². The van der Waals surface area contributed by atoms with E-state index in [9.17, 15) is 26.7 Å². The van der Waals surface area contributed by atoms with Crippen molar-refractivity contribution in [3.63, 3.8) is 0 Å². The van der Waals surface area contributed by atoms with Crippen molar-refractivity contribution in [1.29, 1.82) is 0 Å². The molecule has 0 aliphatic heterocycles. The second-order valence-electron chi connectivity index (χ2n) is 8.15. The number of halogens is 3. The summed E-state index contributed by atoms with van der Waals surface area (Å²) < 4.78 is 84.4. The van der Waals surface area contributed by atoms with Gasteiger partial charge in [0.1, 0.15) is 12.3 Å². The van der Waals surface area contributed by atoms with Crippen molar-refractivity contribution >= 4 is 21.9 Å². The smallest absolute Gasteiger partial charge is 0.433 e. The molecule has 2 N–H and O–H groups in total. The van der Waals surface area contributed by atoms with E-state index in [1.807, 2.05) is 0 Å². The summed E-state index contributed by atoms with van der Waals surface area (Å²) in [4.78, 5) is 11.9. The number of aliphatic hydroxyl groups excluding tert-OH is 1. The number of sulfonamides is 1. The van der Waals surface area contributed by atoms with E-state index < -0.39 is 34.3 Å². The average Bonchev–Trinajstić information content (AvgIpc) is 2.96. The zero-order valence-corrected chi connectivity index (χ0v) is 22.2. The highest BCUT2D eigenvalue weighted by Gasteiger charge is 2.32. The zero-order valence-electron chi connectivity index (χ0n) is 21.4. The average molecular weight is 589 g/mol. The molecule has 0 unspecified atom stereocenters. The Morgan fingerprint density at radius 3 is 2.32 bits per heavy atom. The number of anilines is 1. The van der Waals surface area contributed by atoms with Gasteiger partial charge in [-0.05, 0) is 35.9 Å². The van der Waals surface area contributed by atoms with Crippen molar-refractivity contribution in [3.05, 3.63) is 89.6 Å². The molecule has 4 aromatic rings. The molecule has 0 saturated heterocycles. The lowest BCUT2D eigenvalue weighted by atomic mass is 10.2. The van der Waals surface area contributed by atoms with Crippen LogP contribution in [-0.4, -0.2) is 48.8 Å². The fourth-order valence-electron chi connectivity index (χ4n) is 3.37. The van der Waals surface area contributed by atoms with Gasteiger partial charge in [0.15, 0.2) is 23.1 Å². The van der Waals surface area contributed by atoms with Gasteiger partial charge in [-0.1, -0.05) is 42.5 Å². The number of nitrogens with one attached hydrogen (secondary N) is 1. The highest BCUT2D eigenvalue weighted by Crippen LogP contribution is 2.41. The summed E-state index contributed by atoms with van der Waals surface area (Å²) >= 11 is 0. The predicted molar refractivity (Wildman–Crippen MR) is 144 cm³/mol. The van der Waals surface area contributed by atoms with E-state index in [1.165, 1.54) is 19.3 Å². The monoisotopic (exact) mass is 588 g/mol. The van der Waals surface area contributed by atoms with Gasteiger partial charge in [0.2, 0.25) is 5.75 Å². The summed E-state index contributed by atoms with van der Waals surface area (Å²) in [6, 6.07) is 16.9. The Morgan fingerprint density at radius 2 is 1.68 bits per heavy atom. The van der Waals surface area contributed by atoms with Crippen LogP contribution in [0.5, 0.6) is 23.1 Å². The Morgan fingerprint density at radius 1 is 0.976 bits per heavy atom. The van der Waals surface area contributed by atoms with Gasteiger partial charge in [0.05, 0.1) is 19.1 Å². The molecule has 0 aliphatic carbocycles. The van der Waals surface area contributed by atoms with Gasteiger partial charge in [-0.25, -0.2) is 13.4 Å². The summed E-state index contributed by atoms with van der Waals surface area (Å²) in [5.41, 5.74) is -0.508. The maximum Gasteiger partial charge on any atom is 0.433 e. The Bertz CT molecular complexity index is 1620. The third-order valence-electron chi connectivity index (χ3n) is 5.24. The van der Waals surface area contributed by atoms with Crippen molar-refractivity contribution in [3.8, 4) is 34.5 Å². The molecule has 0 fully saturated rings. The number of para-hydroxylation sites is 2. The van der Waals surface area contributed by atoms with Crippen LogP contribution in [0.25, 0.3) is 17.5 Å². The number of hydrogen-bond donors (Lipinski definition) is 2. The van der Waals surface area contributed by atoms with Crippen LogP contribution < -0.4 is 18.9 Å². The van der Waals surface area contributed by atoms with Gasteiger partial charge >= 0.3 is 6.18 Å². The number of ether oxygens (including phenoxy) is 3. The van der Waals surface area contributed by atoms with E-state index in [2.05, 4.69) is 19.7 Å². The van der Waals surface area contributed by atoms with Gasteiger partial charge in [-0.2, -0.15) is 18.2 Å². The molecule has 0 aliphatic rings. The molecule has 0 saturated carbocycles. The summed E-state index contributed by atoms with van der Waals surface area (Å²) in [7, 11) is -2.82. The van der Waals surface area contributed by atoms with E-state index in [0.29, 0.717) is 5.56 Å². The van der Waals surface area contributed by atoms with Crippen molar-refractivity contribution in [2.45, 2.75) is 6.18 Å². The second-order valence-corrected chi connectivity index (χ2v) is 9.71. The Balaban J connectivity index is 1.84. The Hall–Kier alpha value is -4.69. The van der Waals surface area contributed by atoms with Crippen molar-refractivity contribution in [2.75, 3.05) is 25.0 Å². The third-order valence-corrected chi connectivity index (χ3v) is 6.21. The molecule has 0 atom stereocenters. The summed E-state index contributed by atoms with van der Waals surface area (Å²) in [5.74, 6) is -0.781. The van der Waals surface area contributed by atoms with Crippen LogP contribution in [0.15, 0.2) is 78.3 Å². The highest BCUT2D eigenvalue weighted by atomic mass is 32.2. The minimum atomic E-state index is -4.67. The molecule has 41 heavy (non-hydrogen) atoms. The maximum atomic E-state index is 13.1. The highest BCUT2D eigenvalue weighted by molar-refractivity contribution is 7.95. The fourth-order valence-corrected chi connectivity index (χ4v) is 4.18. The van der Waals surface area contributed by atoms with Crippen LogP contribution in [-0.2, 0) is 16.2 Å². The molecule has 0 spiro atoms. The third kappa shape index (κ3) is 7.70. The lowest BCUT2D eigenvalue weighted by molar-refractivity contribution is -0.141. The number of rotatable bonds is 11. The van der Waals surface area contributed by atoms with Crippen molar-refractivity contribution in [1.82, 2.24) is 15.0 Å². The molecule has 14 heteroatoms. The number of benzene rings is 2. The number of aliphatic hydroxyl groups is 1. The summed E-state index contributed by atoms with van der Waals surface area (Å²) in [6.07, 6.45) is -2.43. The van der Waals surface area contributed by atoms with E-state index in [4.69, 9.17) is 14.2 Å². The Labute approximate surface area is 233 Å². The van der Waals surface area contributed by atoms with E-state index in [-0.39, 0.29) is 41.1 Å². The van der Waals surface area contributed by atoms with Gasteiger partial charge in [0.25, 0.3) is 15.9 Å².